The van der Waals surface area contributed by atoms with Crippen LogP contribution in [-0.2, 0) is 13.6 Å². The van der Waals surface area contributed by atoms with Crippen molar-refractivity contribution in [3.05, 3.63) is 48.4 Å². The van der Waals surface area contributed by atoms with Crippen LogP contribution in [0.1, 0.15) is 12.5 Å². The maximum Gasteiger partial charge on any atom is 0.128 e. The van der Waals surface area contributed by atoms with E-state index in [2.05, 4.69) is 21.9 Å². The second-order valence-electron chi connectivity index (χ2n) is 6.01. The third kappa shape index (κ3) is 3.96. The lowest BCUT2D eigenvalue weighted by Crippen LogP contribution is -2.35. The van der Waals surface area contributed by atoms with Crippen LogP contribution in [-0.4, -0.2) is 50.6 Å². The molecule has 0 bridgehead atoms. The van der Waals surface area contributed by atoms with Gasteiger partial charge in [-0.1, -0.05) is 13.0 Å². The Balaban J connectivity index is 1.54. The quantitative estimate of drug-likeness (QED) is 0.665. The Bertz CT molecular complexity index is 780. The summed E-state index contributed by atoms with van der Waals surface area (Å²) in [5.41, 5.74) is 2.18. The maximum absolute atomic E-state index is 10.3. The molecule has 2 N–H and O–H groups in total. The van der Waals surface area contributed by atoms with Gasteiger partial charge in [0.05, 0.1) is 6.20 Å². The predicted molar refractivity (Wildman–Crippen MR) is 94.0 cm³/mol. The summed E-state index contributed by atoms with van der Waals surface area (Å²) in [6, 6.07) is 7.86. The van der Waals surface area contributed by atoms with Crippen LogP contribution in [0.25, 0.3) is 10.9 Å². The normalized spacial score (nSPS) is 12.8. The van der Waals surface area contributed by atoms with Crippen molar-refractivity contribution in [3.8, 4) is 5.75 Å². The fourth-order valence-corrected chi connectivity index (χ4v) is 2.84. The highest BCUT2D eigenvalue weighted by Crippen LogP contribution is 2.24. The molecule has 6 heteroatoms. The van der Waals surface area contributed by atoms with Gasteiger partial charge < -0.3 is 14.8 Å². The number of ether oxygens (including phenoxy) is 1. The zero-order valence-electron chi connectivity index (χ0n) is 14.1. The molecule has 2 aromatic heterocycles. The Morgan fingerprint density at radius 1 is 1.38 bits per heavy atom. The molecular weight excluding hydrogens is 304 g/mol. The summed E-state index contributed by atoms with van der Waals surface area (Å²) in [5.74, 6) is 0.795. The lowest BCUT2D eigenvalue weighted by atomic mass is 10.2. The molecule has 1 aromatic carbocycles. The third-order valence-electron chi connectivity index (χ3n) is 4.07. The number of hydrogen-bond donors (Lipinski definition) is 2. The van der Waals surface area contributed by atoms with E-state index in [9.17, 15) is 5.11 Å². The molecule has 0 radical (unpaired) electrons. The van der Waals surface area contributed by atoms with E-state index in [1.54, 1.807) is 4.68 Å². The Morgan fingerprint density at radius 2 is 2.25 bits per heavy atom. The van der Waals surface area contributed by atoms with Crippen LogP contribution >= 0.6 is 0 Å². The molecule has 2 heterocycles. The van der Waals surface area contributed by atoms with E-state index in [0.29, 0.717) is 6.54 Å². The topological polar surface area (TPSA) is 66.3 Å². The van der Waals surface area contributed by atoms with Crippen LogP contribution in [0.15, 0.2) is 42.9 Å². The summed E-state index contributed by atoms with van der Waals surface area (Å²) in [6.07, 6.45) is 5.20. The van der Waals surface area contributed by atoms with Gasteiger partial charge in [0, 0.05) is 49.0 Å². The van der Waals surface area contributed by atoms with E-state index in [0.717, 1.165) is 35.3 Å². The number of nitrogens with zero attached hydrogens (tertiary/aromatic N) is 3. The lowest BCUT2D eigenvalue weighted by molar-refractivity contribution is 0.0680. The highest BCUT2D eigenvalue weighted by Gasteiger charge is 2.13. The zero-order chi connectivity index (χ0) is 16.9. The van der Waals surface area contributed by atoms with Gasteiger partial charge in [-0.2, -0.15) is 5.10 Å². The second-order valence-corrected chi connectivity index (χ2v) is 6.01. The molecule has 1 atom stereocenters. The van der Waals surface area contributed by atoms with Crippen LogP contribution in [0.4, 0.5) is 0 Å². The molecule has 0 amide bonds. The maximum atomic E-state index is 10.3. The number of rotatable bonds is 8. The summed E-state index contributed by atoms with van der Waals surface area (Å²) >= 11 is 0. The van der Waals surface area contributed by atoms with Crippen LogP contribution < -0.4 is 4.74 Å². The first-order chi connectivity index (χ1) is 11.7. The van der Waals surface area contributed by atoms with Crippen molar-refractivity contribution in [1.82, 2.24) is 19.7 Å². The van der Waals surface area contributed by atoms with Gasteiger partial charge in [-0.3, -0.25) is 9.58 Å². The van der Waals surface area contributed by atoms with Crippen LogP contribution in [0.2, 0.25) is 0 Å². The average molecular weight is 328 g/mol. The molecule has 0 spiro atoms. The molecule has 0 saturated carbocycles. The largest absolute Gasteiger partial charge is 0.490 e. The average Bonchev–Trinajstić information content (AvgIpc) is 3.21. The van der Waals surface area contributed by atoms with Gasteiger partial charge in [0.2, 0.25) is 0 Å². The van der Waals surface area contributed by atoms with E-state index in [1.807, 2.05) is 49.9 Å². The van der Waals surface area contributed by atoms with Gasteiger partial charge in [0.1, 0.15) is 18.5 Å². The number of aromatic nitrogens is 3. The number of nitrogens with one attached hydrogen (secondary N) is 1. The highest BCUT2D eigenvalue weighted by atomic mass is 16.5. The van der Waals surface area contributed by atoms with Gasteiger partial charge in [0.25, 0.3) is 0 Å². The second kappa shape index (κ2) is 7.51. The van der Waals surface area contributed by atoms with Crippen LogP contribution in [0.5, 0.6) is 5.75 Å². The third-order valence-corrected chi connectivity index (χ3v) is 4.07. The van der Waals surface area contributed by atoms with Crippen LogP contribution in [0, 0.1) is 0 Å². The number of aliphatic hydroxyl groups excluding tert-OH is 1. The number of aryl methyl sites for hydroxylation is 1. The standard InChI is InChI=1S/C18H24N4O2/c1-3-22(11-14-9-20-21(2)10-14)12-15(23)13-24-18-6-4-5-17-16(18)7-8-19-17/h4-10,15,19,23H,3,11-13H2,1-2H3. The Kier molecular flexibility index (Phi) is 5.17. The first-order valence-corrected chi connectivity index (χ1v) is 8.22. The smallest absolute Gasteiger partial charge is 0.128 e. The lowest BCUT2D eigenvalue weighted by Gasteiger charge is -2.23. The number of hydrogen-bond acceptors (Lipinski definition) is 4. The Morgan fingerprint density at radius 3 is 3.00 bits per heavy atom. The molecule has 0 saturated heterocycles. The summed E-state index contributed by atoms with van der Waals surface area (Å²) in [6.45, 7) is 4.56. The first-order valence-electron chi connectivity index (χ1n) is 8.22. The minimum atomic E-state index is -0.546. The van der Waals surface area contributed by atoms with E-state index >= 15 is 0 Å². The van der Waals surface area contributed by atoms with E-state index in [-0.39, 0.29) is 6.61 Å². The molecule has 3 rings (SSSR count). The van der Waals surface area contributed by atoms with Gasteiger partial charge in [-0.15, -0.1) is 0 Å². The molecule has 3 aromatic rings. The Hall–Kier alpha value is -2.31. The number of aliphatic hydroxyl groups is 1. The van der Waals surface area contributed by atoms with Crippen molar-refractivity contribution in [2.75, 3.05) is 19.7 Å². The molecular formula is C18H24N4O2. The molecule has 0 aliphatic carbocycles. The predicted octanol–water partition coefficient (Wildman–Crippen LogP) is 2.16. The minimum Gasteiger partial charge on any atom is -0.490 e. The van der Waals surface area contributed by atoms with E-state index < -0.39 is 6.10 Å². The van der Waals surface area contributed by atoms with Gasteiger partial charge in [-0.25, -0.2) is 0 Å². The Labute approximate surface area is 141 Å². The molecule has 24 heavy (non-hydrogen) atoms. The number of benzene rings is 1. The fourth-order valence-electron chi connectivity index (χ4n) is 2.84. The van der Waals surface area contributed by atoms with Crippen LogP contribution in [0.3, 0.4) is 0 Å². The molecule has 128 valence electrons. The monoisotopic (exact) mass is 328 g/mol. The van der Waals surface area contributed by atoms with Gasteiger partial charge >= 0.3 is 0 Å². The van der Waals surface area contributed by atoms with E-state index in [1.165, 1.54) is 0 Å². The number of likely N-dealkylation sites (N-methyl/N-ethyl adjacent to an activating group) is 1. The van der Waals surface area contributed by atoms with Crippen molar-refractivity contribution in [2.45, 2.75) is 19.6 Å². The number of fused-ring (bicyclic) bond motifs is 1. The van der Waals surface area contributed by atoms with Gasteiger partial charge in [-0.05, 0) is 24.7 Å². The number of aromatic amines is 1. The highest BCUT2D eigenvalue weighted by molar-refractivity contribution is 5.85. The zero-order valence-corrected chi connectivity index (χ0v) is 14.1. The summed E-state index contributed by atoms with van der Waals surface area (Å²) < 4.78 is 7.62. The SMILES string of the molecule is CCN(Cc1cnn(C)c1)CC(O)COc1cccc2[nH]ccc12. The van der Waals surface area contributed by atoms with Crippen molar-refractivity contribution in [1.29, 1.82) is 0 Å². The summed E-state index contributed by atoms with van der Waals surface area (Å²) in [4.78, 5) is 5.34. The fraction of sp³-hybridized carbons (Fsp3) is 0.389. The van der Waals surface area contributed by atoms with Crippen molar-refractivity contribution < 1.29 is 9.84 Å². The molecule has 1 unspecified atom stereocenters. The molecule has 0 aliphatic heterocycles. The first kappa shape index (κ1) is 16.5. The molecule has 0 aliphatic rings. The van der Waals surface area contributed by atoms with Crippen molar-refractivity contribution in [3.63, 3.8) is 0 Å². The van der Waals surface area contributed by atoms with Crippen molar-refractivity contribution >= 4 is 10.9 Å². The molecule has 0 fully saturated rings. The molecule has 6 nitrogen and oxygen atoms in total. The number of H-pyrrole nitrogens is 1. The minimum absolute atomic E-state index is 0.272. The van der Waals surface area contributed by atoms with Crippen molar-refractivity contribution in [2.24, 2.45) is 7.05 Å². The summed E-state index contributed by atoms with van der Waals surface area (Å²) in [7, 11) is 1.91. The summed E-state index contributed by atoms with van der Waals surface area (Å²) in [5, 5.41) is 15.5. The van der Waals surface area contributed by atoms with Gasteiger partial charge in [0.15, 0.2) is 0 Å². The van der Waals surface area contributed by atoms with E-state index in [4.69, 9.17) is 4.74 Å².